The molecule has 0 radical (unpaired) electrons. The molecule has 3 rings (SSSR count). The van der Waals surface area contributed by atoms with Crippen LogP contribution in [-0.2, 0) is 9.47 Å². The molecule has 0 aromatic carbocycles. The minimum atomic E-state index is -0.358. The van der Waals surface area contributed by atoms with Crippen molar-refractivity contribution < 1.29 is 35.5 Å². The van der Waals surface area contributed by atoms with Crippen molar-refractivity contribution in [3.63, 3.8) is 0 Å². The second kappa shape index (κ2) is 8.44. The quantitative estimate of drug-likeness (QED) is 0.341. The van der Waals surface area contributed by atoms with Crippen LogP contribution >= 0.6 is 0 Å². The second-order valence-electron chi connectivity index (χ2n) is 6.19. The fraction of sp³-hybridized carbons (Fsp3) is 0.647. The minimum absolute atomic E-state index is 0.00838. The van der Waals surface area contributed by atoms with E-state index in [-0.39, 0.29) is 39.3 Å². The fourth-order valence-electron chi connectivity index (χ4n) is 3.16. The molecule has 24 heavy (non-hydrogen) atoms. The molecule has 3 atom stereocenters. The number of alkyl halides is 2. The summed E-state index contributed by atoms with van der Waals surface area (Å²) in [6.07, 6.45) is 6.35. The van der Waals surface area contributed by atoms with Gasteiger partial charge in [-0.1, -0.05) is 0 Å². The molecule has 0 saturated carbocycles. The van der Waals surface area contributed by atoms with E-state index in [0.29, 0.717) is 22.0 Å². The Labute approximate surface area is 153 Å². The monoisotopic (exact) mass is 446 g/mol. The van der Waals surface area contributed by atoms with Gasteiger partial charge in [-0.3, -0.25) is 0 Å². The van der Waals surface area contributed by atoms with E-state index in [9.17, 15) is 4.79 Å². The SMILES string of the molecule is COC(=O)c1cccnc1N1CCC(N)C(OC2CCCC[I-]2)C1. The number of halogens is 1. The topological polar surface area (TPSA) is 77.7 Å². The first-order valence-corrected chi connectivity index (χ1v) is 11.2. The van der Waals surface area contributed by atoms with Gasteiger partial charge in [0.2, 0.25) is 0 Å². The van der Waals surface area contributed by atoms with Crippen molar-refractivity contribution in [3.8, 4) is 0 Å². The first kappa shape index (κ1) is 17.9. The number of hydrogen-bond acceptors (Lipinski definition) is 6. The molecule has 1 aromatic rings. The van der Waals surface area contributed by atoms with Gasteiger partial charge in [-0.25, -0.2) is 0 Å². The van der Waals surface area contributed by atoms with Gasteiger partial charge >= 0.3 is 153 Å². The average molecular weight is 446 g/mol. The molecule has 2 fully saturated rings. The maximum atomic E-state index is 12.0. The fourth-order valence-corrected chi connectivity index (χ4v) is 6.30. The Kier molecular flexibility index (Phi) is 6.29. The third kappa shape index (κ3) is 4.18. The van der Waals surface area contributed by atoms with Crippen molar-refractivity contribution in [2.24, 2.45) is 5.73 Å². The van der Waals surface area contributed by atoms with Crippen LogP contribution in [0, 0.1) is 0 Å². The number of anilines is 1. The molecule has 2 aliphatic rings. The summed E-state index contributed by atoms with van der Waals surface area (Å²) in [7, 11) is 1.39. The van der Waals surface area contributed by atoms with E-state index in [4.69, 9.17) is 15.2 Å². The van der Waals surface area contributed by atoms with E-state index in [2.05, 4.69) is 9.88 Å². The molecular weight excluding hydrogens is 421 g/mol. The Balaban J connectivity index is 1.72. The Morgan fingerprint density at radius 1 is 1.42 bits per heavy atom. The van der Waals surface area contributed by atoms with Crippen LogP contribution in [0.2, 0.25) is 0 Å². The van der Waals surface area contributed by atoms with Gasteiger partial charge in [-0.05, 0) is 0 Å². The van der Waals surface area contributed by atoms with Gasteiger partial charge in [0, 0.05) is 0 Å². The zero-order valence-electron chi connectivity index (χ0n) is 14.0. The van der Waals surface area contributed by atoms with Crippen LogP contribution in [0.1, 0.15) is 36.0 Å². The van der Waals surface area contributed by atoms with E-state index in [1.54, 1.807) is 18.3 Å². The number of pyridine rings is 1. The van der Waals surface area contributed by atoms with Crippen LogP contribution in [0.4, 0.5) is 5.82 Å². The molecule has 2 saturated heterocycles. The molecule has 0 amide bonds. The van der Waals surface area contributed by atoms with E-state index < -0.39 is 0 Å². The van der Waals surface area contributed by atoms with Gasteiger partial charge in [0.05, 0.1) is 0 Å². The number of nitrogens with zero attached hydrogens (tertiary/aromatic N) is 2. The summed E-state index contributed by atoms with van der Waals surface area (Å²) in [5, 5.41) is 0. The summed E-state index contributed by atoms with van der Waals surface area (Å²) in [6, 6.07) is 3.56. The van der Waals surface area contributed by atoms with Crippen LogP contribution < -0.4 is 31.8 Å². The summed E-state index contributed by atoms with van der Waals surface area (Å²) in [4.78, 5) is 18.5. The van der Waals surface area contributed by atoms with Gasteiger partial charge in [-0.15, -0.1) is 0 Å². The Bertz CT molecular complexity index is 566. The predicted octanol–water partition coefficient (Wildman–Crippen LogP) is -1.61. The van der Waals surface area contributed by atoms with Gasteiger partial charge in [0.1, 0.15) is 0 Å². The third-order valence-corrected chi connectivity index (χ3v) is 7.80. The maximum absolute atomic E-state index is 12.0. The third-order valence-electron chi connectivity index (χ3n) is 4.52. The number of carbonyl (C=O) groups excluding carboxylic acids is 1. The molecule has 0 spiro atoms. The standard InChI is InChI=1S/C17H25IN3O3/c1-23-17(22)12-5-4-9-20-16(12)21-10-7-13(19)14(11-21)24-15-6-2-3-8-18-15/h4-5,9,13-15H,2-3,6-8,10-11,19H2,1H3/q-1. The summed E-state index contributed by atoms with van der Waals surface area (Å²) in [5.74, 6) is 0.312. The molecule has 134 valence electrons. The van der Waals surface area contributed by atoms with Crippen molar-refractivity contribution in [1.82, 2.24) is 4.98 Å². The zero-order valence-corrected chi connectivity index (χ0v) is 16.1. The Morgan fingerprint density at radius 2 is 2.29 bits per heavy atom. The van der Waals surface area contributed by atoms with Crippen molar-refractivity contribution in [1.29, 1.82) is 0 Å². The van der Waals surface area contributed by atoms with Gasteiger partial charge < -0.3 is 0 Å². The average Bonchev–Trinajstić information content (AvgIpc) is 2.64. The zero-order chi connectivity index (χ0) is 16.9. The number of aromatic nitrogens is 1. The van der Waals surface area contributed by atoms with Crippen molar-refractivity contribution in [2.45, 2.75) is 41.9 Å². The summed E-state index contributed by atoms with van der Waals surface area (Å²) in [5.41, 5.74) is 6.81. The second-order valence-corrected chi connectivity index (χ2v) is 9.54. The molecule has 3 unspecified atom stereocenters. The first-order chi connectivity index (χ1) is 11.7. The van der Waals surface area contributed by atoms with Gasteiger partial charge in [0.15, 0.2) is 0 Å². The number of rotatable bonds is 4. The summed E-state index contributed by atoms with van der Waals surface area (Å²) in [6.45, 7) is 1.46. The van der Waals surface area contributed by atoms with E-state index in [1.807, 2.05) is 0 Å². The van der Waals surface area contributed by atoms with E-state index in [0.717, 1.165) is 13.0 Å². The van der Waals surface area contributed by atoms with Gasteiger partial charge in [-0.2, -0.15) is 0 Å². The number of hydrogen-bond donors (Lipinski definition) is 1. The normalized spacial score (nSPS) is 28.1. The molecule has 2 N–H and O–H groups in total. The number of carbonyl (C=O) groups is 1. The molecule has 0 aliphatic carbocycles. The van der Waals surface area contributed by atoms with Crippen molar-refractivity contribution >= 4 is 11.8 Å². The van der Waals surface area contributed by atoms with Crippen LogP contribution in [0.5, 0.6) is 0 Å². The molecule has 3 heterocycles. The molecule has 6 nitrogen and oxygen atoms in total. The van der Waals surface area contributed by atoms with Crippen molar-refractivity contribution in [2.75, 3.05) is 29.5 Å². The molecule has 1 aromatic heterocycles. The predicted molar refractivity (Wildman–Crippen MR) is 87.8 cm³/mol. The van der Waals surface area contributed by atoms with E-state index >= 15 is 0 Å². The Hall–Kier alpha value is -0.930. The van der Waals surface area contributed by atoms with Crippen LogP contribution in [-0.4, -0.2) is 51.8 Å². The van der Waals surface area contributed by atoms with Gasteiger partial charge in [0.25, 0.3) is 0 Å². The summed E-state index contributed by atoms with van der Waals surface area (Å²) < 4.78 is 13.0. The number of piperidine rings is 1. The number of nitrogens with two attached hydrogens (primary N) is 1. The molecule has 2 aliphatic heterocycles. The molecule has 0 bridgehead atoms. The van der Waals surface area contributed by atoms with E-state index in [1.165, 1.54) is 30.8 Å². The van der Waals surface area contributed by atoms with Crippen LogP contribution in [0.3, 0.4) is 0 Å². The van der Waals surface area contributed by atoms with Crippen molar-refractivity contribution in [3.05, 3.63) is 23.9 Å². The van der Waals surface area contributed by atoms with Crippen LogP contribution in [0.15, 0.2) is 18.3 Å². The molecular formula is C17H25IN3O3-. The first-order valence-electron chi connectivity index (χ1n) is 8.46. The Morgan fingerprint density at radius 3 is 3.04 bits per heavy atom. The number of esters is 1. The summed E-state index contributed by atoms with van der Waals surface area (Å²) >= 11 is 0.127. The number of methoxy groups -OCH3 is 1. The van der Waals surface area contributed by atoms with Crippen LogP contribution in [0.25, 0.3) is 0 Å². The molecule has 7 heteroatoms. The number of ether oxygens (including phenoxy) is 2.